The highest BCUT2D eigenvalue weighted by Crippen LogP contribution is 2.23. The molecule has 2 atom stereocenters. The fraction of sp³-hybridized carbons (Fsp3) is 0.500. The van der Waals surface area contributed by atoms with Crippen molar-refractivity contribution in [1.29, 1.82) is 0 Å². The second-order valence-corrected chi connectivity index (χ2v) is 7.23. The van der Waals surface area contributed by atoms with Gasteiger partial charge in [0.25, 0.3) is 5.91 Å². The number of amides is 1. The van der Waals surface area contributed by atoms with Crippen LogP contribution >= 0.6 is 0 Å². The van der Waals surface area contributed by atoms with E-state index >= 15 is 0 Å². The van der Waals surface area contributed by atoms with Gasteiger partial charge in [-0.15, -0.1) is 0 Å². The summed E-state index contributed by atoms with van der Waals surface area (Å²) in [5.74, 6) is -1.16. The van der Waals surface area contributed by atoms with Crippen LogP contribution in [0.25, 0.3) is 0 Å². The standard InChI is InChI=1S/C20H27F3N4O3/c1-12(2)26-16(8-18(24)29-11-20(21,22)23)19(28)27-15-6-4-14(5-7-15)17-10-25-9-13(3)30-17/h4-8,12-13,17,25H,9-11,24H2,1-3H3,(H,27,28)/t13-,17-/m1/s1. The van der Waals surface area contributed by atoms with Crippen molar-refractivity contribution in [3.63, 3.8) is 0 Å². The first kappa shape index (κ1) is 23.7. The van der Waals surface area contributed by atoms with Gasteiger partial charge in [0.05, 0.1) is 12.2 Å². The molecule has 1 aliphatic heterocycles. The molecular formula is C20H27F3N4O3. The highest BCUT2D eigenvalue weighted by atomic mass is 19.4. The lowest BCUT2D eigenvalue weighted by Crippen LogP contribution is -2.38. The number of nitrogens with zero attached hydrogens (tertiary/aromatic N) is 1. The van der Waals surface area contributed by atoms with E-state index in [0.29, 0.717) is 12.2 Å². The number of ether oxygens (including phenoxy) is 2. The molecule has 1 amide bonds. The molecule has 2 rings (SSSR count). The van der Waals surface area contributed by atoms with Crippen LogP contribution in [-0.4, -0.2) is 49.6 Å². The Morgan fingerprint density at radius 1 is 1.37 bits per heavy atom. The Morgan fingerprint density at radius 3 is 2.60 bits per heavy atom. The lowest BCUT2D eigenvalue weighted by atomic mass is 10.1. The average Bonchev–Trinajstić information content (AvgIpc) is 2.65. The van der Waals surface area contributed by atoms with Gasteiger partial charge in [0.1, 0.15) is 5.71 Å². The van der Waals surface area contributed by atoms with Crippen LogP contribution in [0.2, 0.25) is 0 Å². The lowest BCUT2D eigenvalue weighted by Gasteiger charge is -2.29. The van der Waals surface area contributed by atoms with Crippen LogP contribution in [-0.2, 0) is 14.3 Å². The van der Waals surface area contributed by atoms with Crippen LogP contribution in [0.5, 0.6) is 0 Å². The van der Waals surface area contributed by atoms with E-state index in [9.17, 15) is 18.0 Å². The Kier molecular flexibility index (Phi) is 8.24. The number of rotatable bonds is 7. The highest BCUT2D eigenvalue weighted by Gasteiger charge is 2.28. The zero-order valence-electron chi connectivity index (χ0n) is 17.1. The van der Waals surface area contributed by atoms with Crippen molar-refractivity contribution in [2.45, 2.75) is 45.2 Å². The second kappa shape index (κ2) is 10.4. The molecule has 0 aromatic heterocycles. The van der Waals surface area contributed by atoms with E-state index in [1.165, 1.54) is 0 Å². The predicted octanol–water partition coefficient (Wildman–Crippen LogP) is 2.90. The Hall–Kier alpha value is -2.59. The topological polar surface area (TPSA) is 98.0 Å². The average molecular weight is 428 g/mol. The fourth-order valence-electron chi connectivity index (χ4n) is 2.75. The first-order valence-corrected chi connectivity index (χ1v) is 9.55. The first-order valence-electron chi connectivity index (χ1n) is 9.55. The molecule has 7 nitrogen and oxygen atoms in total. The molecule has 0 bridgehead atoms. The number of aliphatic imine (C=N–C) groups is 1. The Balaban J connectivity index is 2.06. The van der Waals surface area contributed by atoms with Crippen molar-refractivity contribution >= 4 is 17.3 Å². The molecule has 0 unspecified atom stereocenters. The van der Waals surface area contributed by atoms with Gasteiger partial charge in [-0.05, 0) is 38.5 Å². The van der Waals surface area contributed by atoms with Gasteiger partial charge >= 0.3 is 6.18 Å². The van der Waals surface area contributed by atoms with Crippen molar-refractivity contribution in [1.82, 2.24) is 5.32 Å². The maximum absolute atomic E-state index is 12.6. The minimum Gasteiger partial charge on any atom is -0.470 e. The summed E-state index contributed by atoms with van der Waals surface area (Å²) in [5, 5.41) is 5.95. The van der Waals surface area contributed by atoms with Crippen molar-refractivity contribution in [3.8, 4) is 0 Å². The van der Waals surface area contributed by atoms with Crippen LogP contribution in [0.4, 0.5) is 18.9 Å². The molecular weight excluding hydrogens is 401 g/mol. The van der Waals surface area contributed by atoms with Gasteiger partial charge in [-0.1, -0.05) is 12.1 Å². The Morgan fingerprint density at radius 2 is 2.03 bits per heavy atom. The van der Waals surface area contributed by atoms with Crippen LogP contribution in [0, 0.1) is 0 Å². The zero-order chi connectivity index (χ0) is 22.3. The van der Waals surface area contributed by atoms with E-state index in [4.69, 9.17) is 10.5 Å². The van der Waals surface area contributed by atoms with E-state index < -0.39 is 24.6 Å². The SMILES string of the molecule is CC(C)N=C(C=C(N)OCC(F)(F)F)C(=O)Nc1ccc([C@H]2CNC[C@@H](C)O2)cc1. The molecule has 30 heavy (non-hydrogen) atoms. The summed E-state index contributed by atoms with van der Waals surface area (Å²) >= 11 is 0. The smallest absolute Gasteiger partial charge is 0.422 e. The monoisotopic (exact) mass is 428 g/mol. The Bertz CT molecular complexity index is 776. The third-order valence-electron chi connectivity index (χ3n) is 4.01. The van der Waals surface area contributed by atoms with Crippen molar-refractivity contribution in [2.75, 3.05) is 25.0 Å². The zero-order valence-corrected chi connectivity index (χ0v) is 17.1. The highest BCUT2D eigenvalue weighted by molar-refractivity contribution is 6.47. The van der Waals surface area contributed by atoms with Crippen LogP contribution in [0.3, 0.4) is 0 Å². The summed E-state index contributed by atoms with van der Waals surface area (Å²) in [5.41, 5.74) is 6.79. The molecule has 0 radical (unpaired) electrons. The molecule has 0 spiro atoms. The number of halogens is 3. The maximum Gasteiger partial charge on any atom is 0.422 e. The van der Waals surface area contributed by atoms with Gasteiger partial charge in [-0.2, -0.15) is 13.2 Å². The third-order valence-corrected chi connectivity index (χ3v) is 4.01. The quantitative estimate of drug-likeness (QED) is 0.458. The molecule has 0 saturated carbocycles. The number of morpholine rings is 1. The number of carbonyl (C=O) groups excluding carboxylic acids is 1. The molecule has 0 aliphatic carbocycles. The summed E-state index contributed by atoms with van der Waals surface area (Å²) in [7, 11) is 0. The number of hydrogen-bond donors (Lipinski definition) is 3. The summed E-state index contributed by atoms with van der Waals surface area (Å²) < 4.78 is 47.1. The lowest BCUT2D eigenvalue weighted by molar-refractivity contribution is -0.165. The number of hydrogen-bond acceptors (Lipinski definition) is 6. The molecule has 4 N–H and O–H groups in total. The predicted molar refractivity (Wildman–Crippen MR) is 108 cm³/mol. The van der Waals surface area contributed by atoms with Crippen LogP contribution in [0.1, 0.15) is 32.4 Å². The fourth-order valence-corrected chi connectivity index (χ4v) is 2.75. The van der Waals surface area contributed by atoms with Gasteiger partial charge in [0.15, 0.2) is 12.5 Å². The van der Waals surface area contributed by atoms with E-state index in [0.717, 1.165) is 18.2 Å². The maximum atomic E-state index is 12.6. The molecule has 1 aliphatic rings. The van der Waals surface area contributed by atoms with Gasteiger partial charge in [0, 0.05) is 30.9 Å². The molecule has 1 saturated heterocycles. The number of carbonyl (C=O) groups is 1. The van der Waals surface area contributed by atoms with E-state index in [1.807, 2.05) is 19.1 Å². The summed E-state index contributed by atoms with van der Waals surface area (Å²) in [6.45, 7) is 5.38. The molecule has 10 heteroatoms. The van der Waals surface area contributed by atoms with Crippen molar-refractivity contribution in [3.05, 3.63) is 41.8 Å². The van der Waals surface area contributed by atoms with Crippen molar-refractivity contribution in [2.24, 2.45) is 10.7 Å². The van der Waals surface area contributed by atoms with E-state index in [-0.39, 0.29) is 24.0 Å². The number of nitrogens with two attached hydrogens (primary N) is 1. The van der Waals surface area contributed by atoms with Crippen LogP contribution in [0.15, 0.2) is 41.2 Å². The first-order chi connectivity index (χ1) is 14.0. The number of anilines is 1. The molecule has 1 aromatic carbocycles. The normalized spacial score (nSPS) is 20.9. The third kappa shape index (κ3) is 8.03. The van der Waals surface area contributed by atoms with E-state index in [1.54, 1.807) is 26.0 Å². The summed E-state index contributed by atoms with van der Waals surface area (Å²) in [4.78, 5) is 16.7. The Labute approximate surface area is 173 Å². The van der Waals surface area contributed by atoms with Gasteiger partial charge < -0.3 is 25.8 Å². The number of nitrogens with one attached hydrogen (secondary N) is 2. The summed E-state index contributed by atoms with van der Waals surface area (Å²) in [6, 6.07) is 6.84. The van der Waals surface area contributed by atoms with Crippen LogP contribution < -0.4 is 16.4 Å². The molecule has 1 aromatic rings. The largest absolute Gasteiger partial charge is 0.470 e. The van der Waals surface area contributed by atoms with Gasteiger partial charge in [-0.25, -0.2) is 0 Å². The van der Waals surface area contributed by atoms with E-state index in [2.05, 4.69) is 20.4 Å². The molecule has 1 heterocycles. The van der Waals surface area contributed by atoms with Crippen molar-refractivity contribution < 1.29 is 27.4 Å². The minimum absolute atomic E-state index is 0.0786. The number of benzene rings is 1. The van der Waals surface area contributed by atoms with Gasteiger partial charge in [-0.3, -0.25) is 9.79 Å². The number of alkyl halides is 3. The summed E-state index contributed by atoms with van der Waals surface area (Å²) in [6.07, 6.45) is -3.52. The second-order valence-electron chi connectivity index (χ2n) is 7.23. The molecule has 1 fully saturated rings. The minimum atomic E-state index is -4.53. The van der Waals surface area contributed by atoms with Gasteiger partial charge in [0.2, 0.25) is 0 Å². The molecule has 166 valence electrons.